The van der Waals surface area contributed by atoms with Crippen molar-refractivity contribution in [1.82, 2.24) is 0 Å². The monoisotopic (exact) mass is 265 g/mol. The number of hydrogen-bond acceptors (Lipinski definition) is 1. The molecule has 0 N–H and O–H groups in total. The first-order valence-corrected chi connectivity index (χ1v) is 7.48. The molecule has 0 saturated heterocycles. The summed E-state index contributed by atoms with van der Waals surface area (Å²) in [6.07, 6.45) is 2.20. The Balaban J connectivity index is 2.00. The minimum absolute atomic E-state index is 0.193. The van der Waals surface area contributed by atoms with E-state index in [-0.39, 0.29) is 5.54 Å². The van der Waals surface area contributed by atoms with Crippen LogP contribution in [0.4, 0.5) is 5.69 Å². The highest BCUT2D eigenvalue weighted by Crippen LogP contribution is 2.37. The van der Waals surface area contributed by atoms with Crippen LogP contribution >= 0.6 is 0 Å². The van der Waals surface area contributed by atoms with Gasteiger partial charge in [0.05, 0.1) is 0 Å². The van der Waals surface area contributed by atoms with Crippen LogP contribution in [0.25, 0.3) is 0 Å². The summed E-state index contributed by atoms with van der Waals surface area (Å²) < 4.78 is 0. The second-order valence-electron chi connectivity index (χ2n) is 6.66. The van der Waals surface area contributed by atoms with Gasteiger partial charge in [-0.25, -0.2) is 0 Å². The topological polar surface area (TPSA) is 3.24 Å². The Hall–Kier alpha value is -1.76. The first-order chi connectivity index (χ1) is 9.55. The molecule has 0 aliphatic carbocycles. The lowest BCUT2D eigenvalue weighted by atomic mass is 9.98. The molecule has 0 saturated carbocycles. The Bertz CT molecular complexity index is 593. The van der Waals surface area contributed by atoms with Crippen molar-refractivity contribution in [2.75, 3.05) is 11.4 Å². The van der Waals surface area contributed by atoms with Crippen LogP contribution in [0.1, 0.15) is 37.5 Å². The zero-order valence-electron chi connectivity index (χ0n) is 12.7. The van der Waals surface area contributed by atoms with E-state index >= 15 is 0 Å². The van der Waals surface area contributed by atoms with E-state index in [1.54, 1.807) is 0 Å². The van der Waals surface area contributed by atoms with E-state index in [1.807, 2.05) is 0 Å². The minimum atomic E-state index is 0.193. The summed E-state index contributed by atoms with van der Waals surface area (Å²) >= 11 is 0. The molecule has 1 heterocycles. The summed E-state index contributed by atoms with van der Waals surface area (Å²) in [5, 5.41) is 0. The Kier molecular flexibility index (Phi) is 3.29. The van der Waals surface area contributed by atoms with Crippen LogP contribution in [0.5, 0.6) is 0 Å². The predicted octanol–water partition coefficient (Wildman–Crippen LogP) is 4.44. The average Bonchev–Trinajstić information content (AvgIpc) is 2.85. The highest BCUT2D eigenvalue weighted by Gasteiger charge is 2.30. The highest BCUT2D eigenvalue weighted by molar-refractivity contribution is 5.65. The number of benzene rings is 2. The second kappa shape index (κ2) is 4.97. The Labute approximate surface area is 122 Å². The van der Waals surface area contributed by atoms with E-state index in [0.29, 0.717) is 0 Å². The fraction of sp³-hybridized carbons (Fsp3) is 0.368. The molecular formula is C19H23N. The molecule has 0 atom stereocenters. The van der Waals surface area contributed by atoms with Crippen molar-refractivity contribution in [1.29, 1.82) is 0 Å². The number of para-hydroxylation sites is 1. The van der Waals surface area contributed by atoms with E-state index in [0.717, 1.165) is 13.0 Å². The number of anilines is 1. The van der Waals surface area contributed by atoms with Gasteiger partial charge in [0.1, 0.15) is 0 Å². The van der Waals surface area contributed by atoms with E-state index in [4.69, 9.17) is 0 Å². The quantitative estimate of drug-likeness (QED) is 0.776. The van der Waals surface area contributed by atoms with Crippen molar-refractivity contribution >= 4 is 5.69 Å². The number of nitrogens with zero attached hydrogens (tertiary/aromatic N) is 1. The summed E-state index contributed by atoms with van der Waals surface area (Å²) in [4.78, 5) is 2.57. The molecule has 0 unspecified atom stereocenters. The Morgan fingerprint density at radius 1 is 0.950 bits per heavy atom. The maximum absolute atomic E-state index is 2.57. The van der Waals surface area contributed by atoms with Gasteiger partial charge in [0.2, 0.25) is 0 Å². The first kappa shape index (κ1) is 13.2. The molecule has 0 spiro atoms. The van der Waals surface area contributed by atoms with Gasteiger partial charge in [0.25, 0.3) is 0 Å². The molecule has 104 valence electrons. The third-order valence-electron chi connectivity index (χ3n) is 4.12. The van der Waals surface area contributed by atoms with Crippen LogP contribution in [-0.2, 0) is 12.8 Å². The lowest BCUT2D eigenvalue weighted by molar-refractivity contribution is 0.517. The van der Waals surface area contributed by atoms with Gasteiger partial charge in [-0.15, -0.1) is 0 Å². The SMILES string of the molecule is CC(C)(C)N1CCc2cccc(Cc3ccccc3)c21. The van der Waals surface area contributed by atoms with E-state index in [1.165, 1.54) is 28.8 Å². The summed E-state index contributed by atoms with van der Waals surface area (Å²) in [5.74, 6) is 0. The van der Waals surface area contributed by atoms with Crippen LogP contribution in [-0.4, -0.2) is 12.1 Å². The molecule has 2 aromatic rings. The van der Waals surface area contributed by atoms with Gasteiger partial charge in [-0.1, -0.05) is 48.5 Å². The number of fused-ring (bicyclic) bond motifs is 1. The maximum atomic E-state index is 2.57. The highest BCUT2D eigenvalue weighted by atomic mass is 15.2. The maximum Gasteiger partial charge on any atom is 0.0439 e. The smallest absolute Gasteiger partial charge is 0.0439 e. The predicted molar refractivity (Wildman–Crippen MR) is 86.5 cm³/mol. The molecule has 0 bridgehead atoms. The number of hydrogen-bond donors (Lipinski definition) is 0. The largest absolute Gasteiger partial charge is 0.366 e. The third kappa shape index (κ3) is 2.45. The van der Waals surface area contributed by atoms with Crippen molar-refractivity contribution in [3.8, 4) is 0 Å². The van der Waals surface area contributed by atoms with Crippen molar-refractivity contribution in [2.45, 2.75) is 39.2 Å². The zero-order chi connectivity index (χ0) is 14.2. The van der Waals surface area contributed by atoms with Gasteiger partial charge < -0.3 is 4.90 Å². The van der Waals surface area contributed by atoms with Crippen molar-refractivity contribution < 1.29 is 0 Å². The van der Waals surface area contributed by atoms with Crippen LogP contribution in [0.2, 0.25) is 0 Å². The van der Waals surface area contributed by atoms with E-state index < -0.39 is 0 Å². The van der Waals surface area contributed by atoms with Crippen molar-refractivity contribution in [3.63, 3.8) is 0 Å². The molecular weight excluding hydrogens is 242 g/mol. The summed E-state index contributed by atoms with van der Waals surface area (Å²) in [7, 11) is 0. The van der Waals surface area contributed by atoms with Gasteiger partial charge >= 0.3 is 0 Å². The van der Waals surface area contributed by atoms with Crippen molar-refractivity contribution in [3.05, 3.63) is 65.2 Å². The Morgan fingerprint density at radius 2 is 1.70 bits per heavy atom. The molecule has 1 aliphatic heterocycles. The zero-order valence-corrected chi connectivity index (χ0v) is 12.7. The lowest BCUT2D eigenvalue weighted by Crippen LogP contribution is -2.40. The van der Waals surface area contributed by atoms with Crippen LogP contribution in [0, 0.1) is 0 Å². The Morgan fingerprint density at radius 3 is 2.40 bits per heavy atom. The molecule has 20 heavy (non-hydrogen) atoms. The molecule has 2 aromatic carbocycles. The fourth-order valence-electron chi connectivity index (χ4n) is 3.17. The molecule has 0 aromatic heterocycles. The molecule has 1 nitrogen and oxygen atoms in total. The number of rotatable bonds is 2. The van der Waals surface area contributed by atoms with E-state index in [2.05, 4.69) is 74.2 Å². The van der Waals surface area contributed by atoms with Crippen LogP contribution in [0.3, 0.4) is 0 Å². The molecule has 3 rings (SSSR count). The van der Waals surface area contributed by atoms with Gasteiger partial charge in [-0.3, -0.25) is 0 Å². The van der Waals surface area contributed by atoms with Crippen LogP contribution in [0.15, 0.2) is 48.5 Å². The first-order valence-electron chi connectivity index (χ1n) is 7.48. The van der Waals surface area contributed by atoms with Crippen LogP contribution < -0.4 is 4.90 Å². The summed E-state index contributed by atoms with van der Waals surface area (Å²) in [6, 6.07) is 17.6. The minimum Gasteiger partial charge on any atom is -0.366 e. The molecule has 0 fully saturated rings. The second-order valence-corrected chi connectivity index (χ2v) is 6.66. The van der Waals surface area contributed by atoms with Gasteiger partial charge in [-0.2, -0.15) is 0 Å². The van der Waals surface area contributed by atoms with Gasteiger partial charge in [-0.05, 0) is 50.3 Å². The summed E-state index contributed by atoms with van der Waals surface area (Å²) in [6.45, 7) is 8.06. The fourth-order valence-corrected chi connectivity index (χ4v) is 3.17. The van der Waals surface area contributed by atoms with Gasteiger partial charge in [0.15, 0.2) is 0 Å². The lowest BCUT2D eigenvalue weighted by Gasteiger charge is -2.35. The van der Waals surface area contributed by atoms with Gasteiger partial charge in [0, 0.05) is 17.8 Å². The molecule has 0 radical (unpaired) electrons. The third-order valence-corrected chi connectivity index (χ3v) is 4.12. The van der Waals surface area contributed by atoms with Crippen molar-refractivity contribution in [2.24, 2.45) is 0 Å². The molecule has 1 aliphatic rings. The molecule has 0 amide bonds. The average molecular weight is 265 g/mol. The van der Waals surface area contributed by atoms with E-state index in [9.17, 15) is 0 Å². The molecule has 1 heteroatoms. The normalized spacial score (nSPS) is 14.4. The standard InChI is InChI=1S/C19H23N/c1-19(2,3)20-13-12-16-10-7-11-17(18(16)20)14-15-8-5-4-6-9-15/h4-11H,12-14H2,1-3H3. The summed E-state index contributed by atoms with van der Waals surface area (Å²) in [5.41, 5.74) is 6.03.